The molecule has 0 spiro atoms. The zero-order chi connectivity index (χ0) is 24.2. The van der Waals surface area contributed by atoms with Crippen LogP contribution in [0, 0.1) is 0 Å². The fraction of sp³-hybridized carbons (Fsp3) is 0.167. The molecule has 174 valence electrons. The molecule has 0 aliphatic heterocycles. The summed E-state index contributed by atoms with van der Waals surface area (Å²) >= 11 is 0. The van der Waals surface area contributed by atoms with Crippen LogP contribution in [0.4, 0.5) is 5.69 Å². The van der Waals surface area contributed by atoms with Gasteiger partial charge < -0.3 is 30.5 Å². The van der Waals surface area contributed by atoms with E-state index in [0.29, 0.717) is 29.2 Å². The van der Waals surface area contributed by atoms with E-state index in [1.807, 2.05) is 14.0 Å². The van der Waals surface area contributed by atoms with Crippen LogP contribution in [0.15, 0.2) is 65.3 Å². The van der Waals surface area contributed by atoms with E-state index in [0.717, 1.165) is 5.56 Å². The molecule has 1 atom stereocenters. The Labute approximate surface area is 195 Å². The van der Waals surface area contributed by atoms with Crippen molar-refractivity contribution in [3.8, 4) is 11.3 Å². The van der Waals surface area contributed by atoms with Crippen molar-refractivity contribution < 1.29 is 18.8 Å². The second kappa shape index (κ2) is 9.59. The van der Waals surface area contributed by atoms with Gasteiger partial charge in [0.05, 0.1) is 5.56 Å². The number of nitrogens with zero attached hydrogens (tertiary/aromatic N) is 2. The molecule has 10 nitrogen and oxygen atoms in total. The predicted octanol–water partition coefficient (Wildman–Crippen LogP) is 2.28. The maximum Gasteiger partial charge on any atom is 0.287 e. The number of pyridine rings is 1. The zero-order valence-electron chi connectivity index (χ0n) is 18.7. The topological polar surface area (TPSA) is 144 Å². The van der Waals surface area contributed by atoms with Gasteiger partial charge in [-0.2, -0.15) is 0 Å². The summed E-state index contributed by atoms with van der Waals surface area (Å²) in [5.74, 6) is -0.482. The second-order valence-corrected chi connectivity index (χ2v) is 7.80. The van der Waals surface area contributed by atoms with E-state index in [-0.39, 0.29) is 23.4 Å². The molecule has 0 aliphatic carbocycles. The highest BCUT2D eigenvalue weighted by molar-refractivity contribution is 6.03. The number of rotatable bonds is 8. The largest absolute Gasteiger partial charge is 0.451 e. The number of hydrogen-bond donors (Lipinski definition) is 4. The minimum absolute atomic E-state index is 0.0351. The number of amides is 3. The Morgan fingerprint density at radius 3 is 2.50 bits per heavy atom. The first-order chi connectivity index (χ1) is 16.3. The molecule has 0 radical (unpaired) electrons. The molecule has 0 saturated carbocycles. The number of furan rings is 1. The van der Waals surface area contributed by atoms with Crippen LogP contribution >= 0.6 is 0 Å². The lowest BCUT2D eigenvalue weighted by Crippen LogP contribution is -2.38. The summed E-state index contributed by atoms with van der Waals surface area (Å²) in [6.45, 7) is 2.55. The molecular weight excluding hydrogens is 436 g/mol. The number of nitrogens with one attached hydrogen (secondary N) is 3. The fourth-order valence-corrected chi connectivity index (χ4v) is 3.43. The molecule has 4 aromatic rings. The number of primary amides is 1. The minimum atomic E-state index is -0.561. The van der Waals surface area contributed by atoms with Crippen LogP contribution in [0.3, 0.4) is 0 Å². The molecule has 0 fully saturated rings. The van der Waals surface area contributed by atoms with Crippen molar-refractivity contribution in [1.29, 1.82) is 0 Å². The number of aromatic nitrogens is 2. The SMILES string of the molecule is CNCC(C)NC(=O)c1ccc(-c2ccc(NC(=O)c3cn4cc(C(N)=O)ccc4n3)cc2)o1. The van der Waals surface area contributed by atoms with Crippen LogP contribution < -0.4 is 21.7 Å². The number of carbonyl (C=O) groups is 3. The third kappa shape index (κ3) is 4.97. The number of imidazole rings is 1. The standard InChI is InChI=1S/C24H24N6O4/c1-14(11-26-2)27-24(33)20-9-8-19(34-20)15-3-6-17(7-4-15)28-23(32)18-13-30-12-16(22(25)31)5-10-21(30)29-18/h3-10,12-14,26H,11H2,1-2H3,(H2,25,31)(H,27,33)(H,28,32). The van der Waals surface area contributed by atoms with E-state index in [2.05, 4.69) is 20.9 Å². The number of likely N-dealkylation sites (N-methyl/N-ethyl adjacent to an activating group) is 1. The van der Waals surface area contributed by atoms with Crippen LogP contribution in [-0.2, 0) is 0 Å². The highest BCUT2D eigenvalue weighted by Crippen LogP contribution is 2.24. The monoisotopic (exact) mass is 460 g/mol. The molecule has 1 aromatic carbocycles. The van der Waals surface area contributed by atoms with Gasteiger partial charge in [-0.3, -0.25) is 14.4 Å². The molecule has 34 heavy (non-hydrogen) atoms. The average molecular weight is 460 g/mol. The Morgan fingerprint density at radius 2 is 1.79 bits per heavy atom. The van der Waals surface area contributed by atoms with Crippen molar-refractivity contribution in [3.05, 3.63) is 77.9 Å². The van der Waals surface area contributed by atoms with Crippen molar-refractivity contribution in [3.63, 3.8) is 0 Å². The number of anilines is 1. The van der Waals surface area contributed by atoms with Crippen molar-refractivity contribution in [2.45, 2.75) is 13.0 Å². The van der Waals surface area contributed by atoms with Crippen LogP contribution in [-0.4, -0.2) is 46.7 Å². The molecule has 0 saturated heterocycles. The molecule has 1 unspecified atom stereocenters. The van der Waals surface area contributed by atoms with E-state index < -0.39 is 11.8 Å². The third-order valence-corrected chi connectivity index (χ3v) is 5.11. The number of benzene rings is 1. The summed E-state index contributed by atoms with van der Waals surface area (Å²) < 4.78 is 7.27. The van der Waals surface area contributed by atoms with E-state index in [1.165, 1.54) is 12.4 Å². The number of carbonyl (C=O) groups excluding carboxylic acids is 3. The molecule has 5 N–H and O–H groups in total. The van der Waals surface area contributed by atoms with Gasteiger partial charge in [-0.1, -0.05) is 0 Å². The Hall–Kier alpha value is -4.44. The molecule has 4 rings (SSSR count). The lowest BCUT2D eigenvalue weighted by molar-refractivity contribution is 0.0912. The normalized spacial score (nSPS) is 11.8. The van der Waals surface area contributed by atoms with Gasteiger partial charge in [0.2, 0.25) is 5.91 Å². The molecule has 10 heteroatoms. The summed E-state index contributed by atoms with van der Waals surface area (Å²) in [6.07, 6.45) is 3.05. The highest BCUT2D eigenvalue weighted by atomic mass is 16.3. The van der Waals surface area contributed by atoms with E-state index in [4.69, 9.17) is 10.2 Å². The van der Waals surface area contributed by atoms with E-state index in [9.17, 15) is 14.4 Å². The third-order valence-electron chi connectivity index (χ3n) is 5.11. The number of hydrogen-bond acceptors (Lipinski definition) is 6. The van der Waals surface area contributed by atoms with Crippen molar-refractivity contribution >= 4 is 29.1 Å². The van der Waals surface area contributed by atoms with Crippen molar-refractivity contribution in [2.24, 2.45) is 5.73 Å². The Balaban J connectivity index is 1.43. The van der Waals surface area contributed by atoms with Crippen molar-refractivity contribution in [1.82, 2.24) is 20.0 Å². The van der Waals surface area contributed by atoms with Gasteiger partial charge in [-0.25, -0.2) is 4.98 Å². The average Bonchev–Trinajstić information content (AvgIpc) is 3.47. The number of nitrogens with two attached hydrogens (primary N) is 1. The van der Waals surface area contributed by atoms with Crippen LogP contribution in [0.2, 0.25) is 0 Å². The molecule has 0 aliphatic rings. The fourth-order valence-electron chi connectivity index (χ4n) is 3.43. The van der Waals surface area contributed by atoms with Crippen LogP contribution in [0.5, 0.6) is 0 Å². The summed E-state index contributed by atoms with van der Waals surface area (Å²) in [7, 11) is 1.82. The van der Waals surface area contributed by atoms with Gasteiger partial charge in [0.25, 0.3) is 11.8 Å². The van der Waals surface area contributed by atoms with Gasteiger partial charge >= 0.3 is 0 Å². The molecule has 3 amide bonds. The quantitative estimate of drug-likeness (QED) is 0.318. The highest BCUT2D eigenvalue weighted by Gasteiger charge is 2.15. The summed E-state index contributed by atoms with van der Waals surface area (Å²) in [6, 6.07) is 13.5. The van der Waals surface area contributed by atoms with Crippen LogP contribution in [0.25, 0.3) is 17.0 Å². The first-order valence-electron chi connectivity index (χ1n) is 10.6. The molecule has 3 aromatic heterocycles. The second-order valence-electron chi connectivity index (χ2n) is 7.80. The first kappa shape index (κ1) is 22.7. The predicted molar refractivity (Wildman–Crippen MR) is 127 cm³/mol. The maximum absolute atomic E-state index is 12.6. The summed E-state index contributed by atoms with van der Waals surface area (Å²) in [5, 5.41) is 8.64. The van der Waals surface area contributed by atoms with Gasteiger partial charge in [-0.05, 0) is 62.5 Å². The number of fused-ring (bicyclic) bond motifs is 1. The molecule has 0 bridgehead atoms. The summed E-state index contributed by atoms with van der Waals surface area (Å²) in [4.78, 5) is 40.5. The van der Waals surface area contributed by atoms with Gasteiger partial charge in [0, 0.05) is 36.2 Å². The lowest BCUT2D eigenvalue weighted by Gasteiger charge is -2.11. The minimum Gasteiger partial charge on any atom is -0.451 e. The summed E-state index contributed by atoms with van der Waals surface area (Å²) in [5.41, 5.74) is 7.64. The van der Waals surface area contributed by atoms with Gasteiger partial charge in [0.15, 0.2) is 5.76 Å². The van der Waals surface area contributed by atoms with Crippen molar-refractivity contribution in [2.75, 3.05) is 18.9 Å². The lowest BCUT2D eigenvalue weighted by atomic mass is 10.1. The van der Waals surface area contributed by atoms with E-state index in [1.54, 1.807) is 52.9 Å². The van der Waals surface area contributed by atoms with Gasteiger partial charge in [0.1, 0.15) is 17.1 Å². The van der Waals surface area contributed by atoms with Gasteiger partial charge in [-0.15, -0.1) is 0 Å². The maximum atomic E-state index is 12.6. The smallest absolute Gasteiger partial charge is 0.287 e. The molecule has 3 heterocycles. The Bertz CT molecular complexity index is 1360. The molecular formula is C24H24N6O4. The zero-order valence-corrected chi connectivity index (χ0v) is 18.7. The van der Waals surface area contributed by atoms with E-state index >= 15 is 0 Å². The Morgan fingerprint density at radius 1 is 1.03 bits per heavy atom. The Kier molecular flexibility index (Phi) is 6.42. The first-order valence-corrected chi connectivity index (χ1v) is 10.6. The van der Waals surface area contributed by atoms with Crippen LogP contribution in [0.1, 0.15) is 38.3 Å².